The Morgan fingerprint density at radius 3 is 2.38 bits per heavy atom. The summed E-state index contributed by atoms with van der Waals surface area (Å²) < 4.78 is 7.38. The highest BCUT2D eigenvalue weighted by atomic mass is 32.1. The molecule has 0 atom stereocenters. The van der Waals surface area contributed by atoms with Gasteiger partial charge in [-0.05, 0) is 55.2 Å². The fourth-order valence-electron chi connectivity index (χ4n) is 3.68. The molecule has 2 heteroatoms. The van der Waals surface area contributed by atoms with Crippen LogP contribution in [0.4, 0.5) is 0 Å². The zero-order valence-electron chi connectivity index (χ0n) is 17.5. The minimum atomic E-state index is 0.783. The van der Waals surface area contributed by atoms with Gasteiger partial charge in [-0.25, -0.2) is 0 Å². The summed E-state index contributed by atoms with van der Waals surface area (Å²) in [5.74, 6) is 0.958. The van der Waals surface area contributed by atoms with Gasteiger partial charge >= 0.3 is 0 Å². The average Bonchev–Trinajstić information content (AvgIpc) is 3.10. The average molecular weight is 401 g/mol. The largest absolute Gasteiger partial charge is 0.494 e. The molecule has 0 saturated carbocycles. The standard InChI is InChI=1S/C27H28OS/c1-4-5-6-16-28-23-9-7-8-22(18-23)26-24-15-12-20(3)17-25(24)29-27(26)21-13-10-19(2)11-14-21/h7-15,17-18H,4-6,16H2,1-3H3. The first-order valence-corrected chi connectivity index (χ1v) is 11.3. The summed E-state index contributed by atoms with van der Waals surface area (Å²) in [5.41, 5.74) is 6.40. The van der Waals surface area contributed by atoms with Crippen molar-refractivity contribution in [2.75, 3.05) is 6.61 Å². The van der Waals surface area contributed by atoms with E-state index in [9.17, 15) is 0 Å². The Labute approximate surface area is 178 Å². The zero-order valence-corrected chi connectivity index (χ0v) is 18.3. The molecule has 1 heterocycles. The van der Waals surface area contributed by atoms with Crippen molar-refractivity contribution < 1.29 is 4.74 Å². The van der Waals surface area contributed by atoms with E-state index in [2.05, 4.69) is 87.5 Å². The second-order valence-corrected chi connectivity index (χ2v) is 8.81. The van der Waals surface area contributed by atoms with E-state index in [0.29, 0.717) is 0 Å². The van der Waals surface area contributed by atoms with Crippen LogP contribution in [0, 0.1) is 13.8 Å². The second-order valence-electron chi connectivity index (χ2n) is 7.76. The molecule has 0 aliphatic heterocycles. The molecule has 4 aromatic rings. The van der Waals surface area contributed by atoms with Gasteiger partial charge < -0.3 is 4.74 Å². The molecule has 0 radical (unpaired) electrons. The number of benzene rings is 3. The molecule has 0 N–H and O–H groups in total. The first-order valence-electron chi connectivity index (χ1n) is 10.5. The van der Waals surface area contributed by atoms with Gasteiger partial charge in [0.05, 0.1) is 6.61 Å². The van der Waals surface area contributed by atoms with Gasteiger partial charge in [0.1, 0.15) is 5.75 Å². The van der Waals surface area contributed by atoms with Crippen molar-refractivity contribution in [3.8, 4) is 27.3 Å². The van der Waals surface area contributed by atoms with Crippen LogP contribution < -0.4 is 4.74 Å². The van der Waals surface area contributed by atoms with Crippen molar-refractivity contribution in [2.24, 2.45) is 0 Å². The van der Waals surface area contributed by atoms with Gasteiger partial charge in [-0.3, -0.25) is 0 Å². The quantitative estimate of drug-likeness (QED) is 0.283. The zero-order chi connectivity index (χ0) is 20.2. The van der Waals surface area contributed by atoms with E-state index in [4.69, 9.17) is 4.74 Å². The highest BCUT2D eigenvalue weighted by Gasteiger charge is 2.16. The van der Waals surface area contributed by atoms with E-state index in [0.717, 1.165) is 18.8 Å². The van der Waals surface area contributed by atoms with Crippen LogP contribution in [0.1, 0.15) is 37.3 Å². The molecule has 0 bridgehead atoms. The van der Waals surface area contributed by atoms with Crippen LogP contribution in [0.25, 0.3) is 31.7 Å². The smallest absolute Gasteiger partial charge is 0.119 e. The molecule has 3 aromatic carbocycles. The van der Waals surface area contributed by atoms with Crippen molar-refractivity contribution >= 4 is 21.4 Å². The Morgan fingerprint density at radius 2 is 1.59 bits per heavy atom. The predicted molar refractivity (Wildman–Crippen MR) is 127 cm³/mol. The molecule has 0 unspecified atom stereocenters. The summed E-state index contributed by atoms with van der Waals surface area (Å²) in [5, 5.41) is 1.32. The topological polar surface area (TPSA) is 9.23 Å². The van der Waals surface area contributed by atoms with Gasteiger partial charge in [-0.15, -0.1) is 11.3 Å². The van der Waals surface area contributed by atoms with Crippen molar-refractivity contribution in [1.82, 2.24) is 0 Å². The summed E-state index contributed by atoms with van der Waals surface area (Å²) >= 11 is 1.88. The summed E-state index contributed by atoms with van der Waals surface area (Å²) in [6, 6.07) is 24.2. The van der Waals surface area contributed by atoms with E-state index in [1.807, 2.05) is 11.3 Å². The van der Waals surface area contributed by atoms with E-state index >= 15 is 0 Å². The van der Waals surface area contributed by atoms with Crippen LogP contribution in [0.5, 0.6) is 5.75 Å². The molecule has 29 heavy (non-hydrogen) atoms. The van der Waals surface area contributed by atoms with Crippen LogP contribution in [0.15, 0.2) is 66.7 Å². The summed E-state index contributed by atoms with van der Waals surface area (Å²) in [6.07, 6.45) is 3.53. The van der Waals surface area contributed by atoms with Gasteiger partial charge in [-0.2, -0.15) is 0 Å². The minimum Gasteiger partial charge on any atom is -0.494 e. The van der Waals surface area contributed by atoms with Gasteiger partial charge in [0.15, 0.2) is 0 Å². The first kappa shape index (κ1) is 19.7. The van der Waals surface area contributed by atoms with Crippen molar-refractivity contribution in [3.05, 3.63) is 77.9 Å². The maximum absolute atomic E-state index is 6.04. The maximum atomic E-state index is 6.04. The number of fused-ring (bicyclic) bond motifs is 1. The minimum absolute atomic E-state index is 0.783. The summed E-state index contributed by atoms with van der Waals surface area (Å²) in [7, 11) is 0. The lowest BCUT2D eigenvalue weighted by molar-refractivity contribution is 0.306. The number of thiophene rings is 1. The second kappa shape index (κ2) is 8.84. The molecule has 0 saturated heterocycles. The number of hydrogen-bond donors (Lipinski definition) is 0. The number of aryl methyl sites for hydroxylation is 2. The van der Waals surface area contributed by atoms with Gasteiger partial charge in [0.25, 0.3) is 0 Å². The van der Waals surface area contributed by atoms with Crippen molar-refractivity contribution in [1.29, 1.82) is 0 Å². The summed E-state index contributed by atoms with van der Waals surface area (Å²) in [6.45, 7) is 7.30. The third-order valence-electron chi connectivity index (χ3n) is 5.30. The third-order valence-corrected chi connectivity index (χ3v) is 6.50. The molecule has 1 aromatic heterocycles. The van der Waals surface area contributed by atoms with Crippen LogP contribution in [-0.4, -0.2) is 6.61 Å². The fraction of sp³-hybridized carbons (Fsp3) is 0.259. The Kier molecular flexibility index (Phi) is 6.01. The van der Waals surface area contributed by atoms with E-state index < -0.39 is 0 Å². The Bertz CT molecular complexity index is 1110. The Balaban J connectivity index is 1.80. The number of ether oxygens (including phenoxy) is 1. The van der Waals surface area contributed by atoms with Crippen LogP contribution in [-0.2, 0) is 0 Å². The van der Waals surface area contributed by atoms with Gasteiger partial charge in [0, 0.05) is 20.5 Å². The molecule has 0 aliphatic carbocycles. The normalized spacial score (nSPS) is 11.1. The van der Waals surface area contributed by atoms with Gasteiger partial charge in [0.2, 0.25) is 0 Å². The lowest BCUT2D eigenvalue weighted by atomic mass is 9.98. The monoisotopic (exact) mass is 400 g/mol. The van der Waals surface area contributed by atoms with Gasteiger partial charge in [-0.1, -0.05) is 73.9 Å². The molecule has 4 rings (SSSR count). The highest BCUT2D eigenvalue weighted by Crippen LogP contribution is 2.45. The number of rotatable bonds is 7. The maximum Gasteiger partial charge on any atom is 0.119 e. The molecule has 148 valence electrons. The first-order chi connectivity index (χ1) is 14.2. The van der Waals surface area contributed by atoms with Crippen molar-refractivity contribution in [3.63, 3.8) is 0 Å². The number of hydrogen-bond acceptors (Lipinski definition) is 2. The van der Waals surface area contributed by atoms with E-state index in [-0.39, 0.29) is 0 Å². The third kappa shape index (κ3) is 4.38. The van der Waals surface area contributed by atoms with E-state index in [1.54, 1.807) is 0 Å². The molecule has 0 aliphatic rings. The van der Waals surface area contributed by atoms with Crippen LogP contribution in [0.3, 0.4) is 0 Å². The summed E-state index contributed by atoms with van der Waals surface area (Å²) in [4.78, 5) is 1.33. The Morgan fingerprint density at radius 1 is 0.793 bits per heavy atom. The van der Waals surface area contributed by atoms with E-state index in [1.165, 1.54) is 55.6 Å². The molecule has 0 spiro atoms. The van der Waals surface area contributed by atoms with Crippen LogP contribution in [0.2, 0.25) is 0 Å². The molecule has 1 nitrogen and oxygen atoms in total. The highest BCUT2D eigenvalue weighted by molar-refractivity contribution is 7.23. The Hall–Kier alpha value is -2.58. The molecule has 0 fully saturated rings. The number of unbranched alkanes of at least 4 members (excludes halogenated alkanes) is 2. The fourth-order valence-corrected chi connectivity index (χ4v) is 5.01. The SMILES string of the molecule is CCCCCOc1cccc(-c2c(-c3ccc(C)cc3)sc3cc(C)ccc23)c1. The lowest BCUT2D eigenvalue weighted by Crippen LogP contribution is -1.97. The molecular weight excluding hydrogens is 372 g/mol. The van der Waals surface area contributed by atoms with Crippen molar-refractivity contribution in [2.45, 2.75) is 40.0 Å². The molecule has 0 amide bonds. The lowest BCUT2D eigenvalue weighted by Gasteiger charge is -2.10. The van der Waals surface area contributed by atoms with Crippen LogP contribution >= 0.6 is 11.3 Å². The predicted octanol–water partition coefficient (Wildman–Crippen LogP) is 8.42. The molecular formula is C27H28OS.